The molecule has 1 aliphatic heterocycles. The van der Waals surface area contributed by atoms with E-state index in [9.17, 15) is 4.79 Å². The van der Waals surface area contributed by atoms with E-state index in [-0.39, 0.29) is 11.6 Å². The zero-order valence-electron chi connectivity index (χ0n) is 17.3. The Morgan fingerprint density at radius 1 is 1.14 bits per heavy atom. The van der Waals surface area contributed by atoms with E-state index in [0.29, 0.717) is 24.2 Å². The van der Waals surface area contributed by atoms with Crippen molar-refractivity contribution in [3.63, 3.8) is 0 Å². The number of nitrogens with zero attached hydrogens (tertiary/aromatic N) is 1. The van der Waals surface area contributed by atoms with E-state index in [2.05, 4.69) is 30.9 Å². The van der Waals surface area contributed by atoms with Crippen LogP contribution in [-0.2, 0) is 4.74 Å². The van der Waals surface area contributed by atoms with Crippen LogP contribution in [0.2, 0.25) is 0 Å². The summed E-state index contributed by atoms with van der Waals surface area (Å²) >= 11 is 0. The normalized spacial score (nSPS) is 18.0. The number of pyridine rings is 1. The molecule has 1 aromatic heterocycles. The van der Waals surface area contributed by atoms with Gasteiger partial charge < -0.3 is 14.0 Å². The Labute approximate surface area is 172 Å². The van der Waals surface area contributed by atoms with E-state index in [1.807, 2.05) is 29.7 Å². The molecule has 4 nitrogen and oxygen atoms in total. The van der Waals surface area contributed by atoms with Crippen molar-refractivity contribution < 1.29 is 9.47 Å². The zero-order chi connectivity index (χ0) is 20.2. The van der Waals surface area contributed by atoms with Crippen molar-refractivity contribution in [2.75, 3.05) is 19.8 Å². The fourth-order valence-corrected chi connectivity index (χ4v) is 3.80. The zero-order valence-corrected chi connectivity index (χ0v) is 17.3. The number of rotatable bonds is 5. The number of aromatic nitrogens is 1. The maximum absolute atomic E-state index is 12.8. The first-order valence-corrected chi connectivity index (χ1v) is 10.7. The molecule has 29 heavy (non-hydrogen) atoms. The molecular weight excluding hydrogens is 362 g/mol. The molecule has 0 spiro atoms. The molecule has 2 heterocycles. The molecule has 0 unspecified atom stereocenters. The predicted octanol–water partition coefficient (Wildman–Crippen LogP) is 4.33. The van der Waals surface area contributed by atoms with Gasteiger partial charge >= 0.3 is 0 Å². The molecule has 4 heteroatoms. The van der Waals surface area contributed by atoms with Gasteiger partial charge in [-0.25, -0.2) is 0 Å². The van der Waals surface area contributed by atoms with Crippen molar-refractivity contribution in [3.05, 3.63) is 63.6 Å². The molecule has 2 aromatic rings. The molecule has 2 aliphatic rings. The van der Waals surface area contributed by atoms with Crippen molar-refractivity contribution in [1.82, 2.24) is 4.57 Å². The molecule has 2 fully saturated rings. The lowest BCUT2D eigenvalue weighted by atomic mass is 10.0. The third kappa shape index (κ3) is 5.10. The van der Waals surface area contributed by atoms with Crippen molar-refractivity contribution in [1.29, 1.82) is 0 Å². The molecule has 1 atom stereocenters. The molecule has 1 aromatic carbocycles. The van der Waals surface area contributed by atoms with Crippen LogP contribution in [0.15, 0.2) is 41.2 Å². The minimum Gasteiger partial charge on any atom is -0.493 e. The first-order chi connectivity index (χ1) is 14.1. The molecular formula is C25H29NO3. The second kappa shape index (κ2) is 8.88. The first kappa shape index (κ1) is 19.8. The summed E-state index contributed by atoms with van der Waals surface area (Å²) < 4.78 is 13.1. The van der Waals surface area contributed by atoms with E-state index in [0.717, 1.165) is 42.9 Å². The van der Waals surface area contributed by atoms with E-state index < -0.39 is 0 Å². The monoisotopic (exact) mass is 391 g/mol. The van der Waals surface area contributed by atoms with E-state index in [4.69, 9.17) is 9.47 Å². The standard InChI is InChI=1S/C25H29NO3/c1-18-15-24(29-17-22-11-13-28-14-12-22)16-25(27)26(18)19(2)23-9-7-21(8-10-23)6-5-20-3-4-20/h7-10,15-16,19-20,22H,3-4,11-14,17H2,1-2H3/t19-/m0/s1. The van der Waals surface area contributed by atoms with E-state index in [1.54, 1.807) is 6.07 Å². The first-order valence-electron chi connectivity index (χ1n) is 10.7. The summed E-state index contributed by atoms with van der Waals surface area (Å²) in [4.78, 5) is 12.8. The second-order valence-electron chi connectivity index (χ2n) is 8.25. The summed E-state index contributed by atoms with van der Waals surface area (Å²) in [6, 6.07) is 11.8. The molecule has 1 aliphatic carbocycles. The molecule has 1 saturated carbocycles. The van der Waals surface area contributed by atoms with Crippen molar-refractivity contribution >= 4 is 0 Å². The summed E-state index contributed by atoms with van der Waals surface area (Å²) in [7, 11) is 0. The van der Waals surface area contributed by atoms with Gasteiger partial charge in [0.2, 0.25) is 0 Å². The third-order valence-electron chi connectivity index (χ3n) is 5.84. The number of ether oxygens (including phenoxy) is 2. The van der Waals surface area contributed by atoms with Gasteiger partial charge in [-0.05, 0) is 69.2 Å². The number of benzene rings is 1. The average Bonchev–Trinajstić information content (AvgIpc) is 3.56. The van der Waals surface area contributed by atoms with Gasteiger partial charge in [-0.15, -0.1) is 0 Å². The Morgan fingerprint density at radius 3 is 2.52 bits per heavy atom. The van der Waals surface area contributed by atoms with Crippen molar-refractivity contribution in [3.8, 4) is 17.6 Å². The van der Waals surface area contributed by atoms with Crippen LogP contribution in [0.5, 0.6) is 5.75 Å². The highest BCUT2D eigenvalue weighted by molar-refractivity contribution is 5.38. The number of hydrogen-bond donors (Lipinski definition) is 0. The summed E-state index contributed by atoms with van der Waals surface area (Å²) in [6.07, 6.45) is 4.51. The molecule has 0 N–H and O–H groups in total. The lowest BCUT2D eigenvalue weighted by Gasteiger charge is -2.23. The number of hydrogen-bond acceptors (Lipinski definition) is 3. The van der Waals surface area contributed by atoms with Gasteiger partial charge in [0.05, 0.1) is 12.6 Å². The third-order valence-corrected chi connectivity index (χ3v) is 5.84. The molecule has 0 bridgehead atoms. The van der Waals surface area contributed by atoms with Crippen LogP contribution in [-0.4, -0.2) is 24.4 Å². The van der Waals surface area contributed by atoms with Crippen LogP contribution in [0.25, 0.3) is 0 Å². The SMILES string of the molecule is Cc1cc(OCC2CCOCC2)cc(=O)n1[C@@H](C)c1ccc(C#CC2CC2)cc1. The maximum Gasteiger partial charge on any atom is 0.254 e. The summed E-state index contributed by atoms with van der Waals surface area (Å²) in [5.74, 6) is 8.29. The van der Waals surface area contributed by atoms with Crippen molar-refractivity contribution in [2.45, 2.75) is 45.6 Å². The minimum absolute atomic E-state index is 0.0305. The van der Waals surface area contributed by atoms with Gasteiger partial charge in [-0.2, -0.15) is 0 Å². The van der Waals surface area contributed by atoms with Gasteiger partial charge in [-0.1, -0.05) is 24.0 Å². The Morgan fingerprint density at radius 2 is 1.86 bits per heavy atom. The Balaban J connectivity index is 1.45. The Kier molecular flexibility index (Phi) is 6.06. The minimum atomic E-state index is -0.0440. The lowest BCUT2D eigenvalue weighted by Crippen LogP contribution is -2.26. The topological polar surface area (TPSA) is 40.5 Å². The van der Waals surface area contributed by atoms with Gasteiger partial charge in [0.25, 0.3) is 5.56 Å². The van der Waals surface area contributed by atoms with Crippen molar-refractivity contribution in [2.24, 2.45) is 11.8 Å². The highest BCUT2D eigenvalue weighted by Crippen LogP contribution is 2.27. The summed E-state index contributed by atoms with van der Waals surface area (Å²) in [5, 5.41) is 0. The lowest BCUT2D eigenvalue weighted by molar-refractivity contribution is 0.0497. The average molecular weight is 392 g/mol. The molecule has 4 rings (SSSR count). The largest absolute Gasteiger partial charge is 0.493 e. The highest BCUT2D eigenvalue weighted by Gasteiger charge is 2.18. The van der Waals surface area contributed by atoms with Crippen LogP contribution in [0.3, 0.4) is 0 Å². The van der Waals surface area contributed by atoms with Crippen LogP contribution >= 0.6 is 0 Å². The fraction of sp³-hybridized carbons (Fsp3) is 0.480. The molecule has 1 saturated heterocycles. The van der Waals surface area contributed by atoms with Gasteiger partial charge in [0, 0.05) is 36.5 Å². The summed E-state index contributed by atoms with van der Waals surface area (Å²) in [6.45, 7) is 6.27. The quantitative estimate of drug-likeness (QED) is 0.712. The van der Waals surface area contributed by atoms with Gasteiger partial charge in [-0.3, -0.25) is 4.79 Å². The maximum atomic E-state index is 12.8. The molecule has 0 amide bonds. The molecule has 152 valence electrons. The highest BCUT2D eigenvalue weighted by atomic mass is 16.5. The van der Waals surface area contributed by atoms with Gasteiger partial charge in [0.1, 0.15) is 5.75 Å². The smallest absolute Gasteiger partial charge is 0.254 e. The molecule has 0 radical (unpaired) electrons. The van der Waals surface area contributed by atoms with Crippen LogP contribution in [0, 0.1) is 30.6 Å². The summed E-state index contributed by atoms with van der Waals surface area (Å²) in [5.41, 5.74) is 3.01. The van der Waals surface area contributed by atoms with Gasteiger partial charge in [0.15, 0.2) is 0 Å². The van der Waals surface area contributed by atoms with E-state index >= 15 is 0 Å². The van der Waals surface area contributed by atoms with Crippen LogP contribution in [0.4, 0.5) is 0 Å². The van der Waals surface area contributed by atoms with Crippen LogP contribution < -0.4 is 10.3 Å². The number of aryl methyl sites for hydroxylation is 1. The second-order valence-corrected chi connectivity index (χ2v) is 8.25. The fourth-order valence-electron chi connectivity index (χ4n) is 3.80. The Bertz CT molecular complexity index is 954. The predicted molar refractivity (Wildman–Crippen MR) is 114 cm³/mol. The van der Waals surface area contributed by atoms with E-state index in [1.165, 1.54) is 12.8 Å². The van der Waals surface area contributed by atoms with Crippen LogP contribution in [0.1, 0.15) is 55.5 Å². The Hall–Kier alpha value is -2.51.